The Labute approximate surface area is 150 Å². The Morgan fingerprint density at radius 1 is 1.25 bits per heavy atom. The molecule has 0 spiro atoms. The normalized spacial score (nSPS) is 14.4. The van der Waals surface area contributed by atoms with Gasteiger partial charge >= 0.3 is 0 Å². The highest BCUT2D eigenvalue weighted by molar-refractivity contribution is 8.00. The molecule has 1 aromatic heterocycles. The summed E-state index contributed by atoms with van der Waals surface area (Å²) in [5, 5.41) is 8.76. The molecule has 3 rings (SSSR count). The molecule has 0 saturated carbocycles. The number of hydrogen-bond donors (Lipinski definition) is 0. The summed E-state index contributed by atoms with van der Waals surface area (Å²) in [6, 6.07) is 7.87. The summed E-state index contributed by atoms with van der Waals surface area (Å²) >= 11 is 3.09. The highest BCUT2D eigenvalue weighted by atomic mass is 32.2. The smallest absolute Gasteiger partial charge is 0.295 e. The maximum atomic E-state index is 12.3. The largest absolute Gasteiger partial charge is 0.466 e. The summed E-state index contributed by atoms with van der Waals surface area (Å²) in [4.78, 5) is 14.3. The van der Waals surface area contributed by atoms with E-state index in [1.807, 2.05) is 43.0 Å². The molecule has 0 aliphatic carbocycles. The lowest BCUT2D eigenvalue weighted by Gasteiger charge is -2.15. The van der Waals surface area contributed by atoms with Crippen molar-refractivity contribution in [3.05, 3.63) is 35.4 Å². The Kier molecular flexibility index (Phi) is 5.73. The molecule has 24 heavy (non-hydrogen) atoms. The third-order valence-corrected chi connectivity index (χ3v) is 5.70. The summed E-state index contributed by atoms with van der Waals surface area (Å²) in [6.45, 7) is 5.71. The van der Waals surface area contributed by atoms with Crippen LogP contribution in [0.2, 0.25) is 0 Å². The molecular weight excluding hydrogens is 342 g/mol. The third-order valence-electron chi connectivity index (χ3n) is 3.68. The standard InChI is InChI=1S/C17H21N3O2S2/c1-12(2)22-16-18-19-17(24-16)23-11-13-5-7-14(8-6-13)15(21)20-9-3-4-10-20/h5-8,12H,3-4,9-11H2,1-2H3. The van der Waals surface area contributed by atoms with E-state index in [0.29, 0.717) is 5.19 Å². The number of aromatic nitrogens is 2. The monoisotopic (exact) mass is 363 g/mol. The van der Waals surface area contributed by atoms with Crippen molar-refractivity contribution in [1.82, 2.24) is 15.1 Å². The van der Waals surface area contributed by atoms with Crippen LogP contribution >= 0.6 is 23.1 Å². The summed E-state index contributed by atoms with van der Waals surface area (Å²) in [6.07, 6.45) is 2.34. The van der Waals surface area contributed by atoms with Crippen molar-refractivity contribution in [3.63, 3.8) is 0 Å². The van der Waals surface area contributed by atoms with E-state index in [-0.39, 0.29) is 12.0 Å². The van der Waals surface area contributed by atoms with Gasteiger partial charge in [0.25, 0.3) is 11.1 Å². The van der Waals surface area contributed by atoms with E-state index in [2.05, 4.69) is 10.2 Å². The van der Waals surface area contributed by atoms with Gasteiger partial charge in [0.05, 0.1) is 6.10 Å². The number of hydrogen-bond acceptors (Lipinski definition) is 6. The number of amides is 1. The number of nitrogens with zero attached hydrogens (tertiary/aromatic N) is 3. The second-order valence-electron chi connectivity index (χ2n) is 5.99. The van der Waals surface area contributed by atoms with Crippen molar-refractivity contribution >= 4 is 29.0 Å². The number of ether oxygens (including phenoxy) is 1. The maximum Gasteiger partial charge on any atom is 0.295 e. The van der Waals surface area contributed by atoms with Gasteiger partial charge in [0.2, 0.25) is 0 Å². The fourth-order valence-electron chi connectivity index (χ4n) is 2.50. The van der Waals surface area contributed by atoms with Crippen molar-refractivity contribution < 1.29 is 9.53 Å². The highest BCUT2D eigenvalue weighted by Gasteiger charge is 2.19. The van der Waals surface area contributed by atoms with Gasteiger partial charge in [-0.05, 0) is 55.7 Å². The maximum absolute atomic E-state index is 12.3. The van der Waals surface area contributed by atoms with Gasteiger partial charge in [0.15, 0.2) is 4.34 Å². The molecule has 0 N–H and O–H groups in total. The fourth-order valence-corrected chi connectivity index (χ4v) is 4.26. The number of rotatable bonds is 6. The quantitative estimate of drug-likeness (QED) is 0.730. The Morgan fingerprint density at radius 2 is 1.96 bits per heavy atom. The SMILES string of the molecule is CC(C)Oc1nnc(SCc2ccc(C(=O)N3CCCC3)cc2)s1. The third kappa shape index (κ3) is 4.48. The van der Waals surface area contributed by atoms with E-state index in [1.54, 1.807) is 11.8 Å². The van der Waals surface area contributed by atoms with Crippen LogP contribution < -0.4 is 4.74 Å². The molecule has 7 heteroatoms. The van der Waals surface area contributed by atoms with Gasteiger partial charge in [-0.15, -0.1) is 5.10 Å². The van der Waals surface area contributed by atoms with Crippen LogP contribution in [0, 0.1) is 0 Å². The minimum absolute atomic E-state index is 0.108. The van der Waals surface area contributed by atoms with Crippen LogP contribution in [0.1, 0.15) is 42.6 Å². The van der Waals surface area contributed by atoms with E-state index >= 15 is 0 Å². The van der Waals surface area contributed by atoms with Crippen molar-refractivity contribution in [2.24, 2.45) is 0 Å². The van der Waals surface area contributed by atoms with Crippen LogP contribution in [0.4, 0.5) is 0 Å². The topological polar surface area (TPSA) is 55.3 Å². The summed E-state index contributed by atoms with van der Waals surface area (Å²) in [7, 11) is 0. The first kappa shape index (κ1) is 17.2. The molecule has 1 saturated heterocycles. The van der Waals surface area contributed by atoms with Gasteiger partial charge in [-0.25, -0.2) is 0 Å². The number of thioether (sulfide) groups is 1. The minimum atomic E-state index is 0.108. The molecule has 1 aliphatic heterocycles. The summed E-state index contributed by atoms with van der Waals surface area (Å²) in [5.74, 6) is 0.945. The predicted octanol–water partition coefficient (Wildman–Crippen LogP) is 3.85. The average Bonchev–Trinajstić information content (AvgIpc) is 3.24. The molecule has 2 heterocycles. The Balaban J connectivity index is 1.54. The highest BCUT2D eigenvalue weighted by Crippen LogP contribution is 2.30. The van der Waals surface area contributed by atoms with Crippen LogP contribution in [0.25, 0.3) is 0 Å². The molecule has 0 atom stereocenters. The molecule has 1 fully saturated rings. The molecule has 5 nitrogen and oxygen atoms in total. The van der Waals surface area contributed by atoms with Crippen LogP contribution in [-0.4, -0.2) is 40.2 Å². The number of carbonyl (C=O) groups is 1. The second kappa shape index (κ2) is 7.98. The second-order valence-corrected chi connectivity index (χ2v) is 8.15. The molecule has 0 bridgehead atoms. The summed E-state index contributed by atoms with van der Waals surface area (Å²) < 4.78 is 6.42. The van der Waals surface area contributed by atoms with Gasteiger partial charge < -0.3 is 9.64 Å². The predicted molar refractivity (Wildman–Crippen MR) is 96.8 cm³/mol. The van der Waals surface area contributed by atoms with Gasteiger partial charge in [-0.3, -0.25) is 4.79 Å². The Morgan fingerprint density at radius 3 is 2.62 bits per heavy atom. The Bertz CT molecular complexity index is 679. The lowest BCUT2D eigenvalue weighted by Crippen LogP contribution is -2.27. The zero-order valence-corrected chi connectivity index (χ0v) is 15.5. The van der Waals surface area contributed by atoms with Crippen LogP contribution in [0.15, 0.2) is 28.6 Å². The Hall–Kier alpha value is -1.60. The first-order valence-electron chi connectivity index (χ1n) is 8.13. The first-order valence-corrected chi connectivity index (χ1v) is 9.93. The van der Waals surface area contributed by atoms with E-state index in [1.165, 1.54) is 16.9 Å². The molecule has 1 aromatic carbocycles. The van der Waals surface area contributed by atoms with E-state index in [0.717, 1.165) is 41.6 Å². The van der Waals surface area contributed by atoms with Crippen molar-refractivity contribution in [1.29, 1.82) is 0 Å². The lowest BCUT2D eigenvalue weighted by molar-refractivity contribution is 0.0793. The van der Waals surface area contributed by atoms with Gasteiger partial charge in [0, 0.05) is 24.4 Å². The van der Waals surface area contributed by atoms with Crippen molar-refractivity contribution in [2.75, 3.05) is 13.1 Å². The van der Waals surface area contributed by atoms with Crippen LogP contribution in [-0.2, 0) is 5.75 Å². The summed E-state index contributed by atoms with van der Waals surface area (Å²) in [5.41, 5.74) is 1.94. The molecule has 128 valence electrons. The molecule has 1 amide bonds. The zero-order chi connectivity index (χ0) is 16.9. The molecular formula is C17H21N3O2S2. The van der Waals surface area contributed by atoms with Gasteiger partial charge in [0.1, 0.15) is 0 Å². The lowest BCUT2D eigenvalue weighted by atomic mass is 10.1. The first-order chi connectivity index (χ1) is 11.6. The molecule has 2 aromatic rings. The fraction of sp³-hybridized carbons (Fsp3) is 0.471. The molecule has 0 unspecified atom stereocenters. The van der Waals surface area contributed by atoms with E-state index in [4.69, 9.17) is 4.74 Å². The van der Waals surface area contributed by atoms with Crippen molar-refractivity contribution in [2.45, 2.75) is 42.9 Å². The number of carbonyl (C=O) groups excluding carboxylic acids is 1. The van der Waals surface area contributed by atoms with E-state index in [9.17, 15) is 4.79 Å². The van der Waals surface area contributed by atoms with Gasteiger partial charge in [-0.2, -0.15) is 0 Å². The van der Waals surface area contributed by atoms with Gasteiger partial charge in [-0.1, -0.05) is 29.0 Å². The van der Waals surface area contributed by atoms with Crippen LogP contribution in [0.5, 0.6) is 5.19 Å². The van der Waals surface area contributed by atoms with E-state index < -0.39 is 0 Å². The molecule has 0 radical (unpaired) electrons. The average molecular weight is 364 g/mol. The number of likely N-dealkylation sites (tertiary alicyclic amines) is 1. The number of benzene rings is 1. The minimum Gasteiger partial charge on any atom is -0.466 e. The van der Waals surface area contributed by atoms with Crippen molar-refractivity contribution in [3.8, 4) is 5.19 Å². The molecule has 1 aliphatic rings. The van der Waals surface area contributed by atoms with Crippen LogP contribution in [0.3, 0.4) is 0 Å². The zero-order valence-electron chi connectivity index (χ0n) is 13.9.